The third-order valence-electron chi connectivity index (χ3n) is 1.48. The van der Waals surface area contributed by atoms with Gasteiger partial charge in [-0.05, 0) is 6.92 Å². The second kappa shape index (κ2) is 2.84. The number of amides is 2. The molecule has 4 nitrogen and oxygen atoms in total. The highest BCUT2D eigenvalue weighted by Gasteiger charge is 2.25. The van der Waals surface area contributed by atoms with Crippen molar-refractivity contribution < 1.29 is 9.59 Å². The fraction of sp³-hybridized carbons (Fsp3) is 0.429. The highest BCUT2D eigenvalue weighted by atomic mass is 16.2. The smallest absolute Gasteiger partial charge is 0.247 e. The Labute approximate surface area is 64.7 Å². The normalized spacial score (nSPS) is 24.6. The van der Waals surface area contributed by atoms with Crippen molar-refractivity contribution in [3.63, 3.8) is 0 Å². The first-order chi connectivity index (χ1) is 5.11. The van der Waals surface area contributed by atoms with Gasteiger partial charge in [0, 0.05) is 0 Å². The van der Waals surface area contributed by atoms with Crippen molar-refractivity contribution in [1.82, 2.24) is 10.6 Å². The van der Waals surface area contributed by atoms with Crippen molar-refractivity contribution in [3.05, 3.63) is 12.2 Å². The maximum Gasteiger partial charge on any atom is 0.247 e. The summed E-state index contributed by atoms with van der Waals surface area (Å²) in [6, 6.07) is -0.410. The summed E-state index contributed by atoms with van der Waals surface area (Å²) < 4.78 is 0. The predicted molar refractivity (Wildman–Crippen MR) is 39.8 cm³/mol. The molecule has 11 heavy (non-hydrogen) atoms. The standard InChI is InChI=1S/C7H10N2O2/c1-4(2)6-7(11)9-5(10)3-8-6/h6,8H,1,3H2,2H3,(H,9,10,11). The van der Waals surface area contributed by atoms with Gasteiger partial charge in [0.1, 0.15) is 6.04 Å². The largest absolute Gasteiger partial charge is 0.294 e. The first-order valence-corrected chi connectivity index (χ1v) is 3.33. The molecular formula is C7H10N2O2. The lowest BCUT2D eigenvalue weighted by atomic mass is 10.1. The predicted octanol–water partition coefficient (Wildman–Crippen LogP) is -0.823. The van der Waals surface area contributed by atoms with Gasteiger partial charge in [0.2, 0.25) is 11.8 Å². The molecule has 0 aliphatic carbocycles. The van der Waals surface area contributed by atoms with Crippen molar-refractivity contribution in [2.24, 2.45) is 0 Å². The van der Waals surface area contributed by atoms with E-state index in [1.54, 1.807) is 6.92 Å². The van der Waals surface area contributed by atoms with Crippen LogP contribution >= 0.6 is 0 Å². The summed E-state index contributed by atoms with van der Waals surface area (Å²) in [5.41, 5.74) is 0.718. The second-order valence-corrected chi connectivity index (χ2v) is 2.57. The van der Waals surface area contributed by atoms with E-state index in [-0.39, 0.29) is 18.4 Å². The van der Waals surface area contributed by atoms with Gasteiger partial charge in [0.05, 0.1) is 6.54 Å². The Morgan fingerprint density at radius 2 is 2.27 bits per heavy atom. The Bertz CT molecular complexity index is 222. The number of piperazine rings is 1. The van der Waals surface area contributed by atoms with E-state index in [0.717, 1.165) is 5.57 Å². The molecule has 1 aliphatic rings. The number of carbonyl (C=O) groups is 2. The summed E-state index contributed by atoms with van der Waals surface area (Å²) in [6.45, 7) is 5.55. The molecule has 2 N–H and O–H groups in total. The molecule has 1 unspecified atom stereocenters. The Hall–Kier alpha value is -1.16. The summed E-state index contributed by atoms with van der Waals surface area (Å²) >= 11 is 0. The van der Waals surface area contributed by atoms with E-state index in [9.17, 15) is 9.59 Å². The molecule has 0 aromatic rings. The number of rotatable bonds is 1. The minimum Gasteiger partial charge on any atom is -0.294 e. The summed E-state index contributed by atoms with van der Waals surface area (Å²) in [5.74, 6) is -0.596. The summed E-state index contributed by atoms with van der Waals surface area (Å²) in [7, 11) is 0. The molecule has 0 spiro atoms. The molecule has 1 heterocycles. The molecule has 1 saturated heterocycles. The third kappa shape index (κ3) is 1.65. The van der Waals surface area contributed by atoms with E-state index in [1.165, 1.54) is 0 Å². The molecule has 0 aromatic carbocycles. The van der Waals surface area contributed by atoms with Crippen molar-refractivity contribution in [3.8, 4) is 0 Å². The quantitative estimate of drug-likeness (QED) is 0.383. The van der Waals surface area contributed by atoms with E-state index < -0.39 is 6.04 Å². The summed E-state index contributed by atoms with van der Waals surface area (Å²) in [5, 5.41) is 4.97. The molecule has 0 radical (unpaired) electrons. The zero-order valence-corrected chi connectivity index (χ0v) is 6.31. The van der Waals surface area contributed by atoms with Crippen LogP contribution in [0, 0.1) is 0 Å². The highest BCUT2D eigenvalue weighted by Crippen LogP contribution is 2.00. The molecule has 2 amide bonds. The van der Waals surface area contributed by atoms with Gasteiger partial charge in [0.15, 0.2) is 0 Å². The minimum atomic E-state index is -0.410. The summed E-state index contributed by atoms with van der Waals surface area (Å²) in [6.07, 6.45) is 0. The number of imide groups is 1. The molecule has 1 atom stereocenters. The fourth-order valence-electron chi connectivity index (χ4n) is 0.939. The first kappa shape index (κ1) is 7.94. The van der Waals surface area contributed by atoms with Crippen LogP contribution in [0.5, 0.6) is 0 Å². The van der Waals surface area contributed by atoms with Gasteiger partial charge in [-0.15, -0.1) is 0 Å². The number of nitrogens with one attached hydrogen (secondary N) is 2. The fourth-order valence-corrected chi connectivity index (χ4v) is 0.939. The van der Waals surface area contributed by atoms with Crippen LogP contribution in [0.15, 0.2) is 12.2 Å². The number of carbonyl (C=O) groups excluding carboxylic acids is 2. The van der Waals surface area contributed by atoms with Crippen molar-refractivity contribution in [2.45, 2.75) is 13.0 Å². The summed E-state index contributed by atoms with van der Waals surface area (Å²) in [4.78, 5) is 21.6. The van der Waals surface area contributed by atoms with Crippen LogP contribution in [0.4, 0.5) is 0 Å². The van der Waals surface area contributed by atoms with Gasteiger partial charge < -0.3 is 0 Å². The Balaban J connectivity index is 2.65. The lowest BCUT2D eigenvalue weighted by molar-refractivity contribution is -0.133. The van der Waals surface area contributed by atoms with E-state index in [4.69, 9.17) is 0 Å². The van der Waals surface area contributed by atoms with Crippen LogP contribution in [0.3, 0.4) is 0 Å². The van der Waals surface area contributed by atoms with Crippen molar-refractivity contribution in [1.29, 1.82) is 0 Å². The van der Waals surface area contributed by atoms with Gasteiger partial charge >= 0.3 is 0 Å². The van der Waals surface area contributed by atoms with Gasteiger partial charge in [0.25, 0.3) is 0 Å². The molecule has 0 saturated carbocycles. The van der Waals surface area contributed by atoms with Gasteiger partial charge in [-0.3, -0.25) is 20.2 Å². The molecule has 60 valence electrons. The van der Waals surface area contributed by atoms with Crippen molar-refractivity contribution >= 4 is 11.8 Å². The average molecular weight is 154 g/mol. The van der Waals surface area contributed by atoms with Crippen LogP contribution in [-0.4, -0.2) is 24.4 Å². The van der Waals surface area contributed by atoms with Crippen LogP contribution in [-0.2, 0) is 9.59 Å². The Morgan fingerprint density at radius 1 is 1.64 bits per heavy atom. The van der Waals surface area contributed by atoms with E-state index in [2.05, 4.69) is 17.2 Å². The maximum absolute atomic E-state index is 11.0. The Morgan fingerprint density at radius 3 is 2.73 bits per heavy atom. The van der Waals surface area contributed by atoms with E-state index in [0.29, 0.717) is 0 Å². The number of hydrogen-bond acceptors (Lipinski definition) is 3. The topological polar surface area (TPSA) is 58.2 Å². The molecule has 1 rings (SSSR count). The molecule has 4 heteroatoms. The lowest BCUT2D eigenvalue weighted by Gasteiger charge is -2.22. The monoisotopic (exact) mass is 154 g/mol. The SMILES string of the molecule is C=C(C)C1NCC(=O)NC1=O. The molecule has 1 aliphatic heterocycles. The zero-order chi connectivity index (χ0) is 8.43. The second-order valence-electron chi connectivity index (χ2n) is 2.57. The third-order valence-corrected chi connectivity index (χ3v) is 1.48. The Kier molecular flexibility index (Phi) is 2.05. The van der Waals surface area contributed by atoms with E-state index in [1.807, 2.05) is 0 Å². The van der Waals surface area contributed by atoms with Gasteiger partial charge in [-0.2, -0.15) is 0 Å². The minimum absolute atomic E-state index is 0.184. The number of hydrogen-bond donors (Lipinski definition) is 2. The lowest BCUT2D eigenvalue weighted by Crippen LogP contribution is -2.56. The molecule has 0 bridgehead atoms. The molecule has 1 fully saturated rings. The maximum atomic E-state index is 11.0. The highest BCUT2D eigenvalue weighted by molar-refractivity contribution is 6.02. The first-order valence-electron chi connectivity index (χ1n) is 3.33. The van der Waals surface area contributed by atoms with Crippen LogP contribution in [0.2, 0.25) is 0 Å². The average Bonchev–Trinajstić information content (AvgIpc) is 1.85. The zero-order valence-electron chi connectivity index (χ0n) is 6.31. The van der Waals surface area contributed by atoms with Crippen LogP contribution in [0.25, 0.3) is 0 Å². The van der Waals surface area contributed by atoms with Crippen LogP contribution in [0.1, 0.15) is 6.92 Å². The molecule has 0 aromatic heterocycles. The van der Waals surface area contributed by atoms with Gasteiger partial charge in [-0.1, -0.05) is 12.2 Å². The van der Waals surface area contributed by atoms with E-state index >= 15 is 0 Å². The van der Waals surface area contributed by atoms with Gasteiger partial charge in [-0.25, -0.2) is 0 Å². The molecular weight excluding hydrogens is 144 g/mol. The van der Waals surface area contributed by atoms with Crippen LogP contribution < -0.4 is 10.6 Å². The van der Waals surface area contributed by atoms with Crippen molar-refractivity contribution in [2.75, 3.05) is 6.54 Å².